The van der Waals surface area contributed by atoms with E-state index in [1.807, 2.05) is 0 Å². The first-order valence-corrected chi connectivity index (χ1v) is 7.41. The number of rotatable bonds is 8. The van der Waals surface area contributed by atoms with E-state index in [2.05, 4.69) is 6.92 Å². The Morgan fingerprint density at radius 2 is 1.67 bits per heavy atom. The van der Waals surface area contributed by atoms with E-state index in [0.29, 0.717) is 12.5 Å². The number of hydrogen-bond acceptors (Lipinski definition) is 1. The van der Waals surface area contributed by atoms with E-state index in [1.165, 1.54) is 6.07 Å². The quantitative estimate of drug-likeness (QED) is 0.487. The average Bonchev–Trinajstić information content (AvgIpc) is 2.41. The van der Waals surface area contributed by atoms with Gasteiger partial charge >= 0.3 is 6.18 Å². The maximum absolute atomic E-state index is 13.8. The number of benzene rings is 1. The molecule has 1 aromatic carbocycles. The van der Waals surface area contributed by atoms with Crippen LogP contribution >= 0.6 is 0 Å². The number of halogens is 4. The lowest BCUT2D eigenvalue weighted by molar-refractivity contribution is -0.140. The summed E-state index contributed by atoms with van der Waals surface area (Å²) in [5, 5.41) is 9.89. The van der Waals surface area contributed by atoms with Crippen molar-refractivity contribution in [3.63, 3.8) is 0 Å². The van der Waals surface area contributed by atoms with Gasteiger partial charge in [0.1, 0.15) is 5.82 Å². The molecule has 0 bridgehead atoms. The van der Waals surface area contributed by atoms with Crippen LogP contribution in [-0.2, 0) is 6.18 Å². The van der Waals surface area contributed by atoms with E-state index in [9.17, 15) is 22.7 Å². The molecule has 1 atom stereocenters. The Kier molecular flexibility index (Phi) is 7.15. The van der Waals surface area contributed by atoms with Gasteiger partial charge in [-0.1, -0.05) is 57.6 Å². The van der Waals surface area contributed by atoms with Crippen molar-refractivity contribution in [1.29, 1.82) is 0 Å². The minimum Gasteiger partial charge on any atom is -0.388 e. The van der Waals surface area contributed by atoms with E-state index in [0.717, 1.165) is 38.2 Å². The monoisotopic (exact) mass is 306 g/mol. The summed E-state index contributed by atoms with van der Waals surface area (Å²) in [4.78, 5) is 0. The van der Waals surface area contributed by atoms with Crippen molar-refractivity contribution in [2.45, 2.75) is 64.1 Å². The Morgan fingerprint density at radius 1 is 1.05 bits per heavy atom. The number of aliphatic hydroxyl groups is 1. The molecule has 120 valence electrons. The molecule has 0 aliphatic rings. The molecular formula is C16H22F4O. The van der Waals surface area contributed by atoms with Gasteiger partial charge in [0.25, 0.3) is 0 Å². The van der Waals surface area contributed by atoms with Crippen LogP contribution in [0.5, 0.6) is 0 Å². The lowest BCUT2D eigenvalue weighted by Crippen LogP contribution is -2.11. The number of alkyl halides is 3. The first-order chi connectivity index (χ1) is 9.88. The van der Waals surface area contributed by atoms with Crippen LogP contribution in [0.4, 0.5) is 17.6 Å². The summed E-state index contributed by atoms with van der Waals surface area (Å²) in [6.07, 6.45) is 0.389. The largest absolute Gasteiger partial charge is 0.419 e. The summed E-state index contributed by atoms with van der Waals surface area (Å²) in [6.45, 7) is 2.11. The Hall–Kier alpha value is -1.10. The molecule has 1 nitrogen and oxygen atoms in total. The molecule has 0 amide bonds. The van der Waals surface area contributed by atoms with Crippen LogP contribution < -0.4 is 0 Å². The number of unbranched alkanes of at least 4 members (excludes halogenated alkanes) is 5. The van der Waals surface area contributed by atoms with Crippen molar-refractivity contribution in [2.24, 2.45) is 0 Å². The molecule has 0 radical (unpaired) electrons. The van der Waals surface area contributed by atoms with Gasteiger partial charge in [0.05, 0.1) is 11.7 Å². The Labute approximate surface area is 123 Å². The topological polar surface area (TPSA) is 20.2 Å². The van der Waals surface area contributed by atoms with Gasteiger partial charge in [-0.15, -0.1) is 0 Å². The smallest absolute Gasteiger partial charge is 0.388 e. The third kappa shape index (κ3) is 5.65. The summed E-state index contributed by atoms with van der Waals surface area (Å²) in [5.74, 6) is -1.36. The molecule has 21 heavy (non-hydrogen) atoms. The van der Waals surface area contributed by atoms with Gasteiger partial charge in [0.2, 0.25) is 0 Å². The predicted molar refractivity (Wildman–Crippen MR) is 74.4 cm³/mol. The Balaban J connectivity index is 2.57. The van der Waals surface area contributed by atoms with Crippen LogP contribution in [0.3, 0.4) is 0 Å². The molecule has 0 aliphatic heterocycles. The summed E-state index contributed by atoms with van der Waals surface area (Å²) in [5.41, 5.74) is -1.58. The van der Waals surface area contributed by atoms with E-state index in [4.69, 9.17) is 0 Å². The van der Waals surface area contributed by atoms with Crippen molar-refractivity contribution in [1.82, 2.24) is 0 Å². The Morgan fingerprint density at radius 3 is 2.29 bits per heavy atom. The first-order valence-electron chi connectivity index (χ1n) is 7.41. The minimum atomic E-state index is -4.74. The van der Waals surface area contributed by atoms with Crippen LogP contribution in [0.25, 0.3) is 0 Å². The van der Waals surface area contributed by atoms with Crippen molar-refractivity contribution in [3.05, 3.63) is 35.1 Å². The second-order valence-corrected chi connectivity index (χ2v) is 5.28. The number of aliphatic hydroxyl groups excluding tert-OH is 1. The maximum atomic E-state index is 13.8. The summed E-state index contributed by atoms with van der Waals surface area (Å²) < 4.78 is 51.6. The second kappa shape index (κ2) is 8.37. The molecule has 1 N–H and O–H groups in total. The highest BCUT2D eigenvalue weighted by Gasteiger charge is 2.35. The SMILES string of the molecule is CCCCCCCCC(O)c1cccc(C(F)(F)F)c1F. The van der Waals surface area contributed by atoms with Gasteiger partial charge in [0, 0.05) is 5.56 Å². The predicted octanol–water partition coefficient (Wildman–Crippen LogP) is 5.63. The van der Waals surface area contributed by atoms with Crippen molar-refractivity contribution in [3.8, 4) is 0 Å². The van der Waals surface area contributed by atoms with Crippen LogP contribution in [0.1, 0.15) is 69.1 Å². The molecule has 0 saturated carbocycles. The molecule has 5 heteroatoms. The summed E-state index contributed by atoms with van der Waals surface area (Å²) in [6, 6.07) is 3.04. The lowest BCUT2D eigenvalue weighted by Gasteiger charge is -2.15. The molecule has 0 heterocycles. The highest BCUT2D eigenvalue weighted by Crippen LogP contribution is 2.34. The fourth-order valence-corrected chi connectivity index (χ4v) is 2.30. The zero-order valence-electron chi connectivity index (χ0n) is 12.2. The van der Waals surface area contributed by atoms with E-state index < -0.39 is 23.7 Å². The summed E-state index contributed by atoms with van der Waals surface area (Å²) in [7, 11) is 0. The molecule has 0 spiro atoms. The van der Waals surface area contributed by atoms with Crippen molar-refractivity contribution < 1.29 is 22.7 Å². The van der Waals surface area contributed by atoms with E-state index in [1.54, 1.807) is 0 Å². The van der Waals surface area contributed by atoms with Crippen molar-refractivity contribution in [2.75, 3.05) is 0 Å². The van der Waals surface area contributed by atoms with Crippen molar-refractivity contribution >= 4 is 0 Å². The molecule has 1 unspecified atom stereocenters. The van der Waals surface area contributed by atoms with Gasteiger partial charge < -0.3 is 5.11 Å². The zero-order valence-corrected chi connectivity index (χ0v) is 12.2. The Bertz CT molecular complexity index is 429. The molecule has 1 aromatic rings. The third-order valence-electron chi connectivity index (χ3n) is 3.52. The number of hydrogen-bond donors (Lipinski definition) is 1. The highest BCUT2D eigenvalue weighted by atomic mass is 19.4. The summed E-state index contributed by atoms with van der Waals surface area (Å²) >= 11 is 0. The fraction of sp³-hybridized carbons (Fsp3) is 0.625. The zero-order chi connectivity index (χ0) is 15.9. The lowest BCUT2D eigenvalue weighted by atomic mass is 9.99. The van der Waals surface area contributed by atoms with Gasteiger partial charge in [-0.05, 0) is 12.5 Å². The molecule has 0 fully saturated rings. The second-order valence-electron chi connectivity index (χ2n) is 5.28. The molecule has 0 aromatic heterocycles. The van der Waals surface area contributed by atoms with Gasteiger partial charge in [0.15, 0.2) is 0 Å². The fourth-order valence-electron chi connectivity index (χ4n) is 2.30. The van der Waals surface area contributed by atoms with Crippen LogP contribution in [0.15, 0.2) is 18.2 Å². The standard InChI is InChI=1S/C16H22F4O/c1-2-3-4-5-6-7-11-14(21)12-9-8-10-13(15(12)17)16(18,19)20/h8-10,14,21H,2-7,11H2,1H3. The van der Waals surface area contributed by atoms with Gasteiger partial charge in [-0.2, -0.15) is 13.2 Å². The molecular weight excluding hydrogens is 284 g/mol. The normalized spacial score (nSPS) is 13.4. The average molecular weight is 306 g/mol. The van der Waals surface area contributed by atoms with Crippen LogP contribution in [0, 0.1) is 5.82 Å². The minimum absolute atomic E-state index is 0.265. The third-order valence-corrected chi connectivity index (χ3v) is 3.52. The van der Waals surface area contributed by atoms with Crippen LogP contribution in [0.2, 0.25) is 0 Å². The van der Waals surface area contributed by atoms with Gasteiger partial charge in [-0.3, -0.25) is 0 Å². The van der Waals surface area contributed by atoms with E-state index >= 15 is 0 Å². The highest BCUT2D eigenvalue weighted by molar-refractivity contribution is 5.29. The van der Waals surface area contributed by atoms with Gasteiger partial charge in [-0.25, -0.2) is 4.39 Å². The maximum Gasteiger partial charge on any atom is 0.419 e. The van der Waals surface area contributed by atoms with Crippen LogP contribution in [-0.4, -0.2) is 5.11 Å². The first kappa shape index (κ1) is 18.0. The molecule has 0 aliphatic carbocycles. The molecule has 1 rings (SSSR count). The molecule has 0 saturated heterocycles. The van der Waals surface area contributed by atoms with E-state index in [-0.39, 0.29) is 12.0 Å².